The van der Waals surface area contributed by atoms with Crippen LogP contribution < -0.4 is 4.90 Å². The molecule has 5 rings (SSSR count). The molecule has 36 heavy (non-hydrogen) atoms. The number of hydrogen-bond donors (Lipinski definition) is 0. The second kappa shape index (κ2) is 11.1. The molecule has 0 aliphatic rings. The number of carbonyl (C=O) groups excluding carboxylic acids is 1. The van der Waals surface area contributed by atoms with E-state index in [-0.39, 0.29) is 11.8 Å². The summed E-state index contributed by atoms with van der Waals surface area (Å²) in [5.41, 5.74) is 4.05. The van der Waals surface area contributed by atoms with Crippen LogP contribution >= 0.6 is 22.9 Å². The van der Waals surface area contributed by atoms with Crippen LogP contribution in [-0.2, 0) is 11.3 Å². The Hall–Kier alpha value is -3.48. The van der Waals surface area contributed by atoms with E-state index in [1.165, 1.54) is 11.3 Å². The smallest absolute Gasteiger partial charge is 0.229 e. The van der Waals surface area contributed by atoms with Crippen LogP contribution in [0.3, 0.4) is 0 Å². The molecule has 0 aliphatic carbocycles. The van der Waals surface area contributed by atoms with Crippen LogP contribution in [-0.4, -0.2) is 27.0 Å². The molecule has 0 unspecified atom stereocenters. The highest BCUT2D eigenvalue weighted by Crippen LogP contribution is 2.35. The third-order valence-electron chi connectivity index (χ3n) is 6.41. The van der Waals surface area contributed by atoms with Crippen molar-refractivity contribution in [2.75, 3.05) is 11.4 Å². The molecule has 1 amide bonds. The summed E-state index contributed by atoms with van der Waals surface area (Å²) in [5.74, 6) is 0.0164. The number of benzene rings is 3. The third-order valence-corrected chi connectivity index (χ3v) is 7.86. The Kier molecular flexibility index (Phi) is 7.44. The summed E-state index contributed by atoms with van der Waals surface area (Å²) in [6.07, 6.45) is 6.66. The number of fused-ring (bicyclic) bond motifs is 1. The molecule has 5 aromatic rings. The second-order valence-electron chi connectivity index (χ2n) is 8.79. The SMILES string of the molecule is Cc1c(Cl)ccc2sc(N(CCCn3ccnc3)C(=O)CC(c3ccccc3)c3ccccc3)nc12. The van der Waals surface area contributed by atoms with Crippen molar-refractivity contribution in [1.82, 2.24) is 14.5 Å². The Morgan fingerprint density at radius 1 is 1.03 bits per heavy atom. The van der Waals surface area contributed by atoms with Crippen LogP contribution in [0.2, 0.25) is 5.02 Å². The van der Waals surface area contributed by atoms with Crippen molar-refractivity contribution in [2.45, 2.75) is 32.2 Å². The first kappa shape index (κ1) is 24.2. The third kappa shape index (κ3) is 5.35. The average Bonchev–Trinajstić information content (AvgIpc) is 3.59. The van der Waals surface area contributed by atoms with Crippen molar-refractivity contribution in [3.63, 3.8) is 0 Å². The van der Waals surface area contributed by atoms with E-state index in [4.69, 9.17) is 16.6 Å². The van der Waals surface area contributed by atoms with Crippen molar-refractivity contribution in [3.05, 3.63) is 113 Å². The molecule has 0 N–H and O–H groups in total. The monoisotopic (exact) mass is 514 g/mol. The molecule has 182 valence electrons. The predicted molar refractivity (Wildman–Crippen MR) is 148 cm³/mol. The maximum Gasteiger partial charge on any atom is 0.229 e. The van der Waals surface area contributed by atoms with Gasteiger partial charge in [-0.2, -0.15) is 0 Å². The minimum absolute atomic E-state index is 0.0402. The summed E-state index contributed by atoms with van der Waals surface area (Å²) in [6.45, 7) is 3.32. The zero-order valence-corrected chi connectivity index (χ0v) is 21.6. The highest BCUT2D eigenvalue weighted by Gasteiger charge is 2.25. The zero-order chi connectivity index (χ0) is 24.9. The van der Waals surface area contributed by atoms with Gasteiger partial charge in [-0.1, -0.05) is 83.6 Å². The fourth-order valence-electron chi connectivity index (χ4n) is 4.45. The van der Waals surface area contributed by atoms with E-state index in [0.717, 1.165) is 39.9 Å². The van der Waals surface area contributed by atoms with E-state index >= 15 is 0 Å². The fourth-order valence-corrected chi connectivity index (χ4v) is 5.67. The number of hydrogen-bond acceptors (Lipinski definition) is 4. The molecule has 2 aromatic heterocycles. The van der Waals surface area contributed by atoms with E-state index < -0.39 is 0 Å². The lowest BCUT2D eigenvalue weighted by atomic mass is 9.88. The molecule has 0 fully saturated rings. The highest BCUT2D eigenvalue weighted by atomic mass is 35.5. The number of thiazole rings is 1. The van der Waals surface area contributed by atoms with Crippen LogP contribution in [0.5, 0.6) is 0 Å². The minimum Gasteiger partial charge on any atom is -0.337 e. The predicted octanol–water partition coefficient (Wildman–Crippen LogP) is 7.10. The van der Waals surface area contributed by atoms with Gasteiger partial charge in [0, 0.05) is 42.8 Å². The van der Waals surface area contributed by atoms with E-state index in [9.17, 15) is 4.79 Å². The number of anilines is 1. The van der Waals surface area contributed by atoms with Gasteiger partial charge in [-0.25, -0.2) is 9.97 Å². The van der Waals surface area contributed by atoms with E-state index in [1.54, 1.807) is 12.5 Å². The minimum atomic E-state index is -0.0402. The molecule has 0 saturated heterocycles. The first-order valence-corrected chi connectivity index (χ1v) is 13.2. The second-order valence-corrected chi connectivity index (χ2v) is 10.2. The number of halogens is 1. The Balaban J connectivity index is 1.46. The van der Waals surface area contributed by atoms with Crippen LogP contribution in [0.4, 0.5) is 5.13 Å². The fraction of sp³-hybridized carbons (Fsp3) is 0.207. The van der Waals surface area contributed by atoms with Crippen molar-refractivity contribution >= 4 is 44.2 Å². The number of nitrogens with zero attached hydrogens (tertiary/aromatic N) is 4. The van der Waals surface area contributed by atoms with E-state index in [1.807, 2.05) is 71.1 Å². The summed E-state index contributed by atoms with van der Waals surface area (Å²) in [5, 5.41) is 1.40. The van der Waals surface area contributed by atoms with Gasteiger partial charge in [0.15, 0.2) is 5.13 Å². The molecule has 7 heteroatoms. The number of carbonyl (C=O) groups is 1. The quantitative estimate of drug-likeness (QED) is 0.211. The standard InChI is InChI=1S/C29H27ClN4OS/c1-21-25(30)13-14-26-28(21)32-29(36-26)34(17-8-16-33-18-15-31-20-33)27(35)19-24(22-9-4-2-5-10-22)23-11-6-3-7-12-23/h2-7,9-15,18,20,24H,8,16-17,19H2,1H3. The molecule has 5 nitrogen and oxygen atoms in total. The molecular weight excluding hydrogens is 488 g/mol. The normalized spacial score (nSPS) is 11.3. The Bertz CT molecular complexity index is 1400. The highest BCUT2D eigenvalue weighted by molar-refractivity contribution is 7.22. The van der Waals surface area contributed by atoms with Gasteiger partial charge >= 0.3 is 0 Å². The Morgan fingerprint density at radius 2 is 1.72 bits per heavy atom. The first-order valence-electron chi connectivity index (χ1n) is 12.0. The van der Waals surface area contributed by atoms with Crippen LogP contribution in [0, 0.1) is 6.92 Å². The van der Waals surface area contributed by atoms with Crippen LogP contribution in [0.15, 0.2) is 91.5 Å². The van der Waals surface area contributed by atoms with Gasteiger partial charge in [0.1, 0.15) is 0 Å². The molecule has 0 aliphatic heterocycles. The Morgan fingerprint density at radius 3 is 2.36 bits per heavy atom. The number of imidazole rings is 1. The number of rotatable bonds is 9. The summed E-state index contributed by atoms with van der Waals surface area (Å²) >= 11 is 7.90. The summed E-state index contributed by atoms with van der Waals surface area (Å²) in [4.78, 5) is 24.8. The lowest BCUT2D eigenvalue weighted by Gasteiger charge is -2.24. The molecule has 0 radical (unpaired) electrons. The number of aromatic nitrogens is 3. The Labute approximate surface area is 220 Å². The molecule has 0 saturated carbocycles. The lowest BCUT2D eigenvalue weighted by molar-refractivity contribution is -0.118. The summed E-state index contributed by atoms with van der Waals surface area (Å²) in [6, 6.07) is 24.4. The van der Waals surface area contributed by atoms with Gasteiger partial charge < -0.3 is 4.57 Å². The van der Waals surface area contributed by atoms with Gasteiger partial charge in [-0.3, -0.25) is 9.69 Å². The first-order chi connectivity index (χ1) is 17.6. The largest absolute Gasteiger partial charge is 0.337 e. The molecule has 0 atom stereocenters. The van der Waals surface area contributed by atoms with Gasteiger partial charge in [0.2, 0.25) is 5.91 Å². The van der Waals surface area contributed by atoms with E-state index in [2.05, 4.69) is 29.2 Å². The zero-order valence-electron chi connectivity index (χ0n) is 20.0. The topological polar surface area (TPSA) is 51.0 Å². The summed E-state index contributed by atoms with van der Waals surface area (Å²) < 4.78 is 3.06. The molecule has 0 spiro atoms. The lowest BCUT2D eigenvalue weighted by Crippen LogP contribution is -2.33. The van der Waals surface area contributed by atoms with Crippen molar-refractivity contribution in [3.8, 4) is 0 Å². The molecular formula is C29H27ClN4OS. The van der Waals surface area contributed by atoms with Crippen molar-refractivity contribution in [1.29, 1.82) is 0 Å². The molecule has 0 bridgehead atoms. The number of amides is 1. The summed E-state index contributed by atoms with van der Waals surface area (Å²) in [7, 11) is 0. The average molecular weight is 515 g/mol. The van der Waals surface area contributed by atoms with Gasteiger partial charge in [-0.15, -0.1) is 0 Å². The van der Waals surface area contributed by atoms with Crippen LogP contribution in [0.1, 0.15) is 35.4 Å². The maximum absolute atomic E-state index is 14.0. The van der Waals surface area contributed by atoms with Gasteiger partial charge in [0.25, 0.3) is 0 Å². The van der Waals surface area contributed by atoms with E-state index in [0.29, 0.717) is 23.1 Å². The maximum atomic E-state index is 14.0. The van der Waals surface area contributed by atoms with Crippen molar-refractivity contribution in [2.24, 2.45) is 0 Å². The number of aryl methyl sites for hydroxylation is 2. The van der Waals surface area contributed by atoms with Gasteiger partial charge in [-0.05, 0) is 42.2 Å². The van der Waals surface area contributed by atoms with Crippen LogP contribution in [0.25, 0.3) is 10.2 Å². The van der Waals surface area contributed by atoms with Crippen molar-refractivity contribution < 1.29 is 4.79 Å². The molecule has 2 heterocycles. The van der Waals surface area contributed by atoms with Gasteiger partial charge in [0.05, 0.1) is 16.5 Å². The molecule has 3 aromatic carbocycles.